The normalized spacial score (nSPS) is 10.1. The van der Waals surface area contributed by atoms with E-state index in [-0.39, 0.29) is 5.91 Å². The topological polar surface area (TPSA) is 59.6 Å². The lowest BCUT2D eigenvalue weighted by Gasteiger charge is -2.13. The molecular weight excluding hydrogens is 340 g/mol. The highest BCUT2D eigenvalue weighted by Gasteiger charge is 2.18. The lowest BCUT2D eigenvalue weighted by molar-refractivity contribution is 0.102. The Labute approximate surface area is 158 Å². The van der Waals surface area contributed by atoms with Crippen molar-refractivity contribution in [2.24, 2.45) is 0 Å². The number of methoxy groups -OCH3 is 2. The van der Waals surface area contributed by atoms with Gasteiger partial charge in [-0.3, -0.25) is 4.79 Å². The average molecular weight is 362 g/mol. The van der Waals surface area contributed by atoms with Crippen LogP contribution in [0.1, 0.15) is 15.9 Å². The molecule has 27 heavy (non-hydrogen) atoms. The van der Waals surface area contributed by atoms with Gasteiger partial charge in [-0.2, -0.15) is 0 Å². The Morgan fingerprint density at radius 2 is 1.37 bits per heavy atom. The van der Waals surface area contributed by atoms with Gasteiger partial charge in [0, 0.05) is 17.9 Å². The van der Waals surface area contributed by atoms with Crippen LogP contribution in [0.15, 0.2) is 72.8 Å². The highest BCUT2D eigenvalue weighted by molar-refractivity contribution is 6.08. The van der Waals surface area contributed by atoms with Crippen LogP contribution in [0, 0.1) is 0 Å². The molecule has 138 valence electrons. The van der Waals surface area contributed by atoms with Crippen LogP contribution in [0.3, 0.4) is 0 Å². The summed E-state index contributed by atoms with van der Waals surface area (Å²) in [6.07, 6.45) is 0. The summed E-state index contributed by atoms with van der Waals surface area (Å²) < 4.78 is 10.6. The van der Waals surface area contributed by atoms with E-state index in [0.717, 1.165) is 12.2 Å². The Morgan fingerprint density at radius 1 is 0.778 bits per heavy atom. The van der Waals surface area contributed by atoms with Crippen LogP contribution in [-0.4, -0.2) is 20.1 Å². The van der Waals surface area contributed by atoms with Gasteiger partial charge in [-0.1, -0.05) is 36.4 Å². The van der Waals surface area contributed by atoms with Gasteiger partial charge in [0.2, 0.25) is 0 Å². The summed E-state index contributed by atoms with van der Waals surface area (Å²) in [6.45, 7) is 0.741. The van der Waals surface area contributed by atoms with Gasteiger partial charge in [0.1, 0.15) is 17.1 Å². The molecule has 5 heteroatoms. The standard InChI is InChI=1S/C22H22N2O3/c1-26-19-9-6-10-20(27-2)21(19)22(25)24-18-13-11-17(12-14-18)23-15-16-7-4-3-5-8-16/h3-14,23H,15H2,1-2H3,(H,24,25). The maximum absolute atomic E-state index is 12.7. The monoisotopic (exact) mass is 362 g/mol. The first-order valence-electron chi connectivity index (χ1n) is 8.61. The van der Waals surface area contributed by atoms with Crippen LogP contribution in [0.2, 0.25) is 0 Å². The zero-order valence-corrected chi connectivity index (χ0v) is 15.4. The van der Waals surface area contributed by atoms with E-state index in [1.807, 2.05) is 42.5 Å². The van der Waals surface area contributed by atoms with Gasteiger partial charge in [-0.05, 0) is 42.0 Å². The van der Waals surface area contributed by atoms with E-state index < -0.39 is 0 Å². The van der Waals surface area contributed by atoms with E-state index in [1.165, 1.54) is 19.8 Å². The van der Waals surface area contributed by atoms with Crippen LogP contribution < -0.4 is 20.1 Å². The minimum atomic E-state index is -0.283. The van der Waals surface area contributed by atoms with Crippen molar-refractivity contribution in [2.75, 3.05) is 24.9 Å². The minimum Gasteiger partial charge on any atom is -0.496 e. The molecule has 0 bridgehead atoms. The number of carbonyl (C=O) groups is 1. The average Bonchev–Trinajstić information content (AvgIpc) is 2.73. The number of rotatable bonds is 7. The lowest BCUT2D eigenvalue weighted by atomic mass is 10.1. The molecule has 0 atom stereocenters. The van der Waals surface area contributed by atoms with Crippen LogP contribution >= 0.6 is 0 Å². The molecule has 3 aromatic carbocycles. The van der Waals surface area contributed by atoms with Crippen molar-refractivity contribution in [3.05, 3.63) is 83.9 Å². The number of ether oxygens (including phenoxy) is 2. The fourth-order valence-corrected chi connectivity index (χ4v) is 2.74. The molecule has 0 spiro atoms. The van der Waals surface area contributed by atoms with E-state index in [1.54, 1.807) is 18.2 Å². The van der Waals surface area contributed by atoms with Crippen LogP contribution in [-0.2, 0) is 6.54 Å². The predicted molar refractivity (Wildman–Crippen MR) is 108 cm³/mol. The lowest BCUT2D eigenvalue weighted by Crippen LogP contribution is -2.14. The van der Waals surface area contributed by atoms with Crippen molar-refractivity contribution in [2.45, 2.75) is 6.54 Å². The zero-order valence-electron chi connectivity index (χ0n) is 15.4. The number of amides is 1. The van der Waals surface area contributed by atoms with Gasteiger partial charge < -0.3 is 20.1 Å². The van der Waals surface area contributed by atoms with Crippen molar-refractivity contribution < 1.29 is 14.3 Å². The summed E-state index contributed by atoms with van der Waals surface area (Å²) in [5.74, 6) is 0.648. The summed E-state index contributed by atoms with van der Waals surface area (Å²) in [6, 6.07) is 23.0. The Bertz CT molecular complexity index is 871. The Kier molecular flexibility index (Phi) is 5.94. The predicted octanol–water partition coefficient (Wildman–Crippen LogP) is 4.57. The minimum absolute atomic E-state index is 0.283. The molecule has 0 saturated heterocycles. The first-order chi connectivity index (χ1) is 13.2. The molecule has 0 aromatic heterocycles. The third-order valence-corrected chi connectivity index (χ3v) is 4.14. The van der Waals surface area contributed by atoms with Crippen molar-refractivity contribution >= 4 is 17.3 Å². The maximum Gasteiger partial charge on any atom is 0.263 e. The SMILES string of the molecule is COc1cccc(OC)c1C(=O)Nc1ccc(NCc2ccccc2)cc1. The van der Waals surface area contributed by atoms with E-state index >= 15 is 0 Å². The highest BCUT2D eigenvalue weighted by Crippen LogP contribution is 2.29. The van der Waals surface area contributed by atoms with Gasteiger partial charge in [0.25, 0.3) is 5.91 Å². The molecule has 0 aliphatic heterocycles. The summed E-state index contributed by atoms with van der Waals surface area (Å²) in [5, 5.41) is 6.24. The molecule has 3 aromatic rings. The van der Waals surface area contributed by atoms with Gasteiger partial charge in [-0.15, -0.1) is 0 Å². The molecule has 2 N–H and O–H groups in total. The molecule has 0 aliphatic rings. The molecule has 0 aliphatic carbocycles. The number of benzene rings is 3. The number of carbonyl (C=O) groups excluding carboxylic acids is 1. The smallest absolute Gasteiger partial charge is 0.263 e. The Morgan fingerprint density at radius 3 is 1.96 bits per heavy atom. The van der Waals surface area contributed by atoms with E-state index in [0.29, 0.717) is 22.7 Å². The molecule has 0 radical (unpaired) electrons. The third kappa shape index (κ3) is 4.58. The second-order valence-corrected chi connectivity index (χ2v) is 5.91. The van der Waals surface area contributed by atoms with E-state index in [2.05, 4.69) is 22.8 Å². The van der Waals surface area contributed by atoms with Crippen LogP contribution in [0.5, 0.6) is 11.5 Å². The number of hydrogen-bond acceptors (Lipinski definition) is 4. The first kappa shape index (κ1) is 18.3. The van der Waals surface area contributed by atoms with Crippen molar-refractivity contribution in [3.8, 4) is 11.5 Å². The summed E-state index contributed by atoms with van der Waals surface area (Å²) in [5.41, 5.74) is 3.25. The number of hydrogen-bond donors (Lipinski definition) is 2. The molecule has 0 saturated carbocycles. The maximum atomic E-state index is 12.7. The molecule has 5 nitrogen and oxygen atoms in total. The second-order valence-electron chi connectivity index (χ2n) is 5.91. The van der Waals surface area contributed by atoms with Crippen molar-refractivity contribution in [3.63, 3.8) is 0 Å². The third-order valence-electron chi connectivity index (χ3n) is 4.14. The van der Waals surface area contributed by atoms with Gasteiger partial charge in [0.05, 0.1) is 14.2 Å². The van der Waals surface area contributed by atoms with Crippen LogP contribution in [0.25, 0.3) is 0 Å². The molecule has 0 unspecified atom stereocenters. The number of anilines is 2. The summed E-state index contributed by atoms with van der Waals surface area (Å²) >= 11 is 0. The molecule has 0 fully saturated rings. The quantitative estimate of drug-likeness (QED) is 0.646. The Balaban J connectivity index is 1.67. The molecular formula is C22H22N2O3. The van der Waals surface area contributed by atoms with E-state index in [9.17, 15) is 4.79 Å². The molecule has 0 heterocycles. The van der Waals surface area contributed by atoms with Gasteiger partial charge in [-0.25, -0.2) is 0 Å². The summed E-state index contributed by atoms with van der Waals surface area (Å²) in [7, 11) is 3.05. The zero-order chi connectivity index (χ0) is 19.1. The van der Waals surface area contributed by atoms with E-state index in [4.69, 9.17) is 9.47 Å². The van der Waals surface area contributed by atoms with Crippen LogP contribution in [0.4, 0.5) is 11.4 Å². The summed E-state index contributed by atoms with van der Waals surface area (Å²) in [4.78, 5) is 12.7. The van der Waals surface area contributed by atoms with Crippen molar-refractivity contribution in [1.29, 1.82) is 0 Å². The Hall–Kier alpha value is -3.47. The fourth-order valence-electron chi connectivity index (χ4n) is 2.74. The first-order valence-corrected chi connectivity index (χ1v) is 8.61. The van der Waals surface area contributed by atoms with Gasteiger partial charge >= 0.3 is 0 Å². The fraction of sp³-hybridized carbons (Fsp3) is 0.136. The molecule has 3 rings (SSSR count). The molecule has 1 amide bonds. The largest absolute Gasteiger partial charge is 0.496 e. The van der Waals surface area contributed by atoms with Crippen molar-refractivity contribution in [1.82, 2.24) is 0 Å². The second kappa shape index (κ2) is 8.76. The van der Waals surface area contributed by atoms with Gasteiger partial charge in [0.15, 0.2) is 0 Å². The highest BCUT2D eigenvalue weighted by atomic mass is 16.5. The number of nitrogens with one attached hydrogen (secondary N) is 2.